The van der Waals surface area contributed by atoms with Gasteiger partial charge >= 0.3 is 6.03 Å². The molecule has 0 fully saturated rings. The Morgan fingerprint density at radius 2 is 2.18 bits per heavy atom. The molecule has 0 spiro atoms. The molecule has 0 bridgehead atoms. The average molecular weight is 178 g/mol. The lowest BCUT2D eigenvalue weighted by Gasteiger charge is -2.14. The summed E-state index contributed by atoms with van der Waals surface area (Å²) in [6, 6.07) is -0.143. The van der Waals surface area contributed by atoms with Crippen LogP contribution in [0.2, 0.25) is 0 Å². The van der Waals surface area contributed by atoms with E-state index in [2.05, 4.69) is 5.32 Å². The van der Waals surface area contributed by atoms with Crippen LogP contribution in [-0.4, -0.2) is 47.8 Å². The van der Waals surface area contributed by atoms with Gasteiger partial charge in [0.1, 0.15) is 0 Å². The van der Waals surface area contributed by atoms with Gasteiger partial charge in [-0.05, 0) is 0 Å². The van der Waals surface area contributed by atoms with E-state index in [1.54, 1.807) is 20.4 Å². The normalized spacial score (nSPS) is 12.3. The van der Waals surface area contributed by atoms with Crippen molar-refractivity contribution in [1.29, 1.82) is 0 Å². The minimum absolute atomic E-state index is 0.143. The molecule has 0 aromatic heterocycles. The Labute approximate surface area is 69.4 Å². The van der Waals surface area contributed by atoms with Gasteiger partial charge in [0.25, 0.3) is 0 Å². The molecular weight excluding hydrogens is 164 g/mol. The molecule has 5 heteroatoms. The fourth-order valence-electron chi connectivity index (χ4n) is 0.558. The number of nitrogens with zero attached hydrogens (tertiary/aromatic N) is 1. The van der Waals surface area contributed by atoms with Gasteiger partial charge < -0.3 is 10.2 Å². The maximum atomic E-state index is 10.8. The topological polar surface area (TPSA) is 49.4 Å². The summed E-state index contributed by atoms with van der Waals surface area (Å²) in [7, 11) is 2.42. The molecule has 0 aromatic carbocycles. The van der Waals surface area contributed by atoms with Crippen LogP contribution in [0.15, 0.2) is 0 Å². The van der Waals surface area contributed by atoms with Gasteiger partial charge in [-0.1, -0.05) is 0 Å². The molecule has 0 rings (SSSR count). The molecule has 0 aromatic rings. The van der Waals surface area contributed by atoms with Crippen LogP contribution in [0.4, 0.5) is 4.79 Å². The molecule has 11 heavy (non-hydrogen) atoms. The number of hydrogen-bond acceptors (Lipinski definition) is 2. The van der Waals surface area contributed by atoms with Crippen LogP contribution in [0.5, 0.6) is 0 Å². The molecule has 2 amide bonds. The Kier molecular flexibility index (Phi) is 4.85. The molecule has 0 heterocycles. The monoisotopic (exact) mass is 178 g/mol. The van der Waals surface area contributed by atoms with Crippen molar-refractivity contribution < 1.29 is 9.00 Å². The molecule has 66 valence electrons. The van der Waals surface area contributed by atoms with Gasteiger partial charge in [-0.25, -0.2) is 4.79 Å². The Bertz CT molecular complexity index is 161. The number of carbonyl (C=O) groups excluding carboxylic acids is 1. The lowest BCUT2D eigenvalue weighted by atomic mass is 10.6. The van der Waals surface area contributed by atoms with Crippen molar-refractivity contribution >= 4 is 16.8 Å². The van der Waals surface area contributed by atoms with Gasteiger partial charge in [-0.15, -0.1) is 0 Å². The van der Waals surface area contributed by atoms with E-state index in [1.165, 1.54) is 4.90 Å². The predicted molar refractivity (Wildman–Crippen MR) is 46.0 cm³/mol. The molecule has 0 radical (unpaired) electrons. The van der Waals surface area contributed by atoms with Crippen molar-refractivity contribution in [2.75, 3.05) is 32.6 Å². The van der Waals surface area contributed by atoms with Crippen molar-refractivity contribution in [2.24, 2.45) is 0 Å². The second-order valence-corrected chi connectivity index (χ2v) is 3.81. The second kappa shape index (κ2) is 5.12. The van der Waals surface area contributed by atoms with Gasteiger partial charge in [-0.2, -0.15) is 0 Å². The van der Waals surface area contributed by atoms with Crippen LogP contribution in [0.3, 0.4) is 0 Å². The van der Waals surface area contributed by atoms with Crippen molar-refractivity contribution in [3.63, 3.8) is 0 Å². The minimum atomic E-state index is -0.826. The van der Waals surface area contributed by atoms with Gasteiger partial charge in [0.2, 0.25) is 0 Å². The number of hydrogen-bond donors (Lipinski definition) is 1. The van der Waals surface area contributed by atoms with Gasteiger partial charge in [-0.3, -0.25) is 4.21 Å². The minimum Gasteiger partial charge on any atom is -0.341 e. The zero-order chi connectivity index (χ0) is 8.85. The molecule has 4 nitrogen and oxygen atoms in total. The smallest absolute Gasteiger partial charge is 0.316 e. The Hall–Kier alpha value is -0.580. The van der Waals surface area contributed by atoms with E-state index in [9.17, 15) is 9.00 Å². The maximum Gasteiger partial charge on any atom is 0.316 e. The van der Waals surface area contributed by atoms with E-state index in [1.807, 2.05) is 0 Å². The number of carbonyl (C=O) groups is 1. The van der Waals surface area contributed by atoms with Crippen molar-refractivity contribution in [1.82, 2.24) is 10.2 Å². The van der Waals surface area contributed by atoms with Crippen LogP contribution >= 0.6 is 0 Å². The Balaban J connectivity index is 3.60. The Morgan fingerprint density at radius 1 is 1.64 bits per heavy atom. The first-order valence-electron chi connectivity index (χ1n) is 3.30. The first-order chi connectivity index (χ1) is 5.07. The molecule has 1 N–H and O–H groups in total. The van der Waals surface area contributed by atoms with Crippen LogP contribution < -0.4 is 5.32 Å². The number of amides is 2. The predicted octanol–water partition coefficient (Wildman–Crippen LogP) is -0.364. The fraction of sp³-hybridized carbons (Fsp3) is 0.833. The third kappa shape index (κ3) is 4.78. The van der Waals surface area contributed by atoms with Crippen molar-refractivity contribution in [2.45, 2.75) is 0 Å². The average Bonchev–Trinajstić information content (AvgIpc) is 1.98. The summed E-state index contributed by atoms with van der Waals surface area (Å²) in [6.45, 7) is 0.531. The molecule has 0 aliphatic heterocycles. The number of rotatable bonds is 3. The van der Waals surface area contributed by atoms with E-state index >= 15 is 0 Å². The maximum absolute atomic E-state index is 10.8. The summed E-state index contributed by atoms with van der Waals surface area (Å²) in [5.74, 6) is 0.532. The van der Waals surface area contributed by atoms with Gasteiger partial charge in [0.15, 0.2) is 0 Å². The summed E-state index contributed by atoms with van der Waals surface area (Å²) >= 11 is 0. The van der Waals surface area contributed by atoms with E-state index in [0.717, 1.165) is 0 Å². The van der Waals surface area contributed by atoms with Crippen LogP contribution in [0, 0.1) is 0 Å². The largest absolute Gasteiger partial charge is 0.341 e. The first kappa shape index (κ1) is 10.4. The van der Waals surface area contributed by atoms with Crippen LogP contribution in [0.25, 0.3) is 0 Å². The van der Waals surface area contributed by atoms with E-state index in [0.29, 0.717) is 12.3 Å². The lowest BCUT2D eigenvalue weighted by molar-refractivity contribution is 0.213. The van der Waals surface area contributed by atoms with Crippen molar-refractivity contribution in [3.8, 4) is 0 Å². The van der Waals surface area contributed by atoms with E-state index in [4.69, 9.17) is 0 Å². The summed E-state index contributed by atoms with van der Waals surface area (Å²) in [5, 5.41) is 2.48. The number of nitrogens with one attached hydrogen (secondary N) is 1. The summed E-state index contributed by atoms with van der Waals surface area (Å²) < 4.78 is 10.6. The quantitative estimate of drug-likeness (QED) is 0.641. The summed E-state index contributed by atoms with van der Waals surface area (Å²) in [6.07, 6.45) is 1.62. The highest BCUT2D eigenvalue weighted by Crippen LogP contribution is 1.84. The second-order valence-electron chi connectivity index (χ2n) is 2.25. The van der Waals surface area contributed by atoms with E-state index in [-0.39, 0.29) is 6.03 Å². The Morgan fingerprint density at radius 3 is 2.55 bits per heavy atom. The summed E-state index contributed by atoms with van der Waals surface area (Å²) in [4.78, 5) is 12.3. The van der Waals surface area contributed by atoms with Crippen LogP contribution in [0.1, 0.15) is 0 Å². The zero-order valence-corrected chi connectivity index (χ0v) is 7.90. The molecular formula is C6H14N2O2S. The highest BCUT2D eigenvalue weighted by molar-refractivity contribution is 7.84. The molecule has 0 saturated heterocycles. The highest BCUT2D eigenvalue weighted by atomic mass is 32.2. The van der Waals surface area contributed by atoms with E-state index < -0.39 is 10.8 Å². The van der Waals surface area contributed by atoms with Gasteiger partial charge in [0.05, 0.1) is 0 Å². The van der Waals surface area contributed by atoms with Crippen molar-refractivity contribution in [3.05, 3.63) is 0 Å². The third-order valence-electron chi connectivity index (χ3n) is 1.27. The summed E-state index contributed by atoms with van der Waals surface area (Å²) in [5.41, 5.74) is 0. The molecule has 0 saturated carbocycles. The zero-order valence-electron chi connectivity index (χ0n) is 7.09. The lowest BCUT2D eigenvalue weighted by Crippen LogP contribution is -2.37. The fourth-order valence-corrected chi connectivity index (χ4v) is 1.09. The highest BCUT2D eigenvalue weighted by Gasteiger charge is 2.04. The molecule has 1 unspecified atom stereocenters. The number of urea groups is 1. The third-order valence-corrected chi connectivity index (χ3v) is 2.03. The molecule has 0 aliphatic carbocycles. The standard InChI is InChI=1S/C6H14N2O2S/c1-7-6(9)8(2)4-5-11(3)10/h4-5H2,1-3H3,(H,7,9). The molecule has 0 aliphatic rings. The SMILES string of the molecule is CNC(=O)N(C)CCS(C)=O. The first-order valence-corrected chi connectivity index (χ1v) is 5.03. The molecule has 1 atom stereocenters. The van der Waals surface area contributed by atoms with Gasteiger partial charge in [0, 0.05) is 43.4 Å². The van der Waals surface area contributed by atoms with Crippen LogP contribution in [-0.2, 0) is 10.8 Å².